The third-order valence-electron chi connectivity index (χ3n) is 2.44. The predicted octanol–water partition coefficient (Wildman–Crippen LogP) is 0.634. The van der Waals surface area contributed by atoms with Crippen LogP contribution in [0, 0.1) is 0 Å². The summed E-state index contributed by atoms with van der Waals surface area (Å²) in [6, 6.07) is 7.61. The van der Waals surface area contributed by atoms with Gasteiger partial charge in [0.2, 0.25) is 10.0 Å². The molecule has 1 aromatic rings. The van der Waals surface area contributed by atoms with E-state index in [9.17, 15) is 8.42 Å². The number of para-hydroxylation sites is 1. The molecule has 0 fully saturated rings. The number of rotatable bonds is 6. The Morgan fingerprint density at radius 1 is 1.41 bits per heavy atom. The molecule has 0 aliphatic rings. The molecule has 0 aliphatic carbocycles. The van der Waals surface area contributed by atoms with Gasteiger partial charge < -0.3 is 10.1 Å². The smallest absolute Gasteiger partial charge is 0.210 e. The monoisotopic (exact) mass is 258 g/mol. The van der Waals surface area contributed by atoms with Gasteiger partial charge in [-0.05, 0) is 13.0 Å². The number of hydrogen-bond acceptors (Lipinski definition) is 4. The van der Waals surface area contributed by atoms with Gasteiger partial charge >= 0.3 is 0 Å². The van der Waals surface area contributed by atoms with Crippen molar-refractivity contribution in [3.05, 3.63) is 29.8 Å². The lowest BCUT2D eigenvalue weighted by Gasteiger charge is -2.16. The normalized spacial score (nSPS) is 13.4. The van der Waals surface area contributed by atoms with E-state index >= 15 is 0 Å². The number of nitrogens with one attached hydrogen (secondary N) is 1. The number of nitrogens with two attached hydrogens (primary N) is 1. The summed E-state index contributed by atoms with van der Waals surface area (Å²) in [6.45, 7) is 2.26. The molecule has 6 heteroatoms. The molecule has 0 saturated carbocycles. The third kappa shape index (κ3) is 4.72. The molecule has 17 heavy (non-hydrogen) atoms. The maximum atomic E-state index is 10.8. The van der Waals surface area contributed by atoms with E-state index in [1.807, 2.05) is 31.2 Å². The van der Waals surface area contributed by atoms with Gasteiger partial charge in [0.15, 0.2) is 0 Å². The maximum absolute atomic E-state index is 10.8. The Balaban J connectivity index is 2.61. The Bertz CT molecular complexity index is 460. The Morgan fingerprint density at radius 3 is 2.65 bits per heavy atom. The van der Waals surface area contributed by atoms with Crippen LogP contribution in [0.3, 0.4) is 0 Å². The highest BCUT2D eigenvalue weighted by molar-refractivity contribution is 7.89. The highest BCUT2D eigenvalue weighted by Crippen LogP contribution is 2.23. The topological polar surface area (TPSA) is 81.4 Å². The number of primary sulfonamides is 1. The van der Waals surface area contributed by atoms with E-state index < -0.39 is 10.0 Å². The van der Waals surface area contributed by atoms with Crippen LogP contribution in [0.1, 0.15) is 18.5 Å². The van der Waals surface area contributed by atoms with E-state index in [1.54, 1.807) is 7.11 Å². The first kappa shape index (κ1) is 14.0. The molecule has 3 N–H and O–H groups in total. The Hall–Kier alpha value is -1.11. The van der Waals surface area contributed by atoms with E-state index in [-0.39, 0.29) is 11.8 Å². The lowest BCUT2D eigenvalue weighted by atomic mass is 10.1. The minimum atomic E-state index is -3.41. The van der Waals surface area contributed by atoms with E-state index in [0.29, 0.717) is 6.54 Å². The summed E-state index contributed by atoms with van der Waals surface area (Å²) in [5.74, 6) is 0.704. The van der Waals surface area contributed by atoms with Crippen LogP contribution in [0.15, 0.2) is 24.3 Å². The predicted molar refractivity (Wildman–Crippen MR) is 67.4 cm³/mol. The van der Waals surface area contributed by atoms with Gasteiger partial charge in [-0.3, -0.25) is 0 Å². The fraction of sp³-hybridized carbons (Fsp3) is 0.455. The standard InChI is InChI=1S/C11H18N2O3S/c1-9(13-7-8-17(12,14)15)10-5-3-4-6-11(10)16-2/h3-6,9,13H,7-8H2,1-2H3,(H2,12,14,15)/t9-/m1/s1. The third-order valence-corrected chi connectivity index (χ3v) is 3.22. The molecule has 0 bridgehead atoms. The van der Waals surface area contributed by atoms with Gasteiger partial charge in [0.05, 0.1) is 12.9 Å². The van der Waals surface area contributed by atoms with Gasteiger partial charge in [-0.1, -0.05) is 18.2 Å². The first-order valence-corrected chi connectivity index (χ1v) is 7.02. The van der Waals surface area contributed by atoms with Crippen molar-refractivity contribution in [2.24, 2.45) is 5.14 Å². The van der Waals surface area contributed by atoms with Crippen molar-refractivity contribution in [3.8, 4) is 5.75 Å². The minimum absolute atomic E-state index is 0.00731. The highest BCUT2D eigenvalue weighted by atomic mass is 32.2. The van der Waals surface area contributed by atoms with E-state index in [2.05, 4.69) is 5.32 Å². The first-order chi connectivity index (χ1) is 7.94. The number of benzene rings is 1. The van der Waals surface area contributed by atoms with Crippen molar-refractivity contribution in [2.45, 2.75) is 13.0 Å². The summed E-state index contributed by atoms with van der Waals surface area (Å²) < 4.78 is 26.8. The van der Waals surface area contributed by atoms with Gasteiger partial charge in [-0.2, -0.15) is 0 Å². The van der Waals surface area contributed by atoms with Crippen molar-refractivity contribution < 1.29 is 13.2 Å². The fourth-order valence-electron chi connectivity index (χ4n) is 1.55. The molecule has 96 valence electrons. The lowest BCUT2D eigenvalue weighted by molar-refractivity contribution is 0.402. The molecular formula is C11H18N2O3S. The molecule has 0 aromatic heterocycles. The fourth-order valence-corrected chi connectivity index (χ4v) is 1.95. The zero-order valence-electron chi connectivity index (χ0n) is 10.0. The average molecular weight is 258 g/mol. The van der Waals surface area contributed by atoms with Crippen molar-refractivity contribution >= 4 is 10.0 Å². The maximum Gasteiger partial charge on any atom is 0.210 e. The van der Waals surface area contributed by atoms with Gasteiger partial charge in [0, 0.05) is 18.2 Å². The molecular weight excluding hydrogens is 240 g/mol. The van der Waals surface area contributed by atoms with Gasteiger partial charge in [0.1, 0.15) is 5.75 Å². The second-order valence-electron chi connectivity index (χ2n) is 3.78. The van der Waals surface area contributed by atoms with Crippen LogP contribution >= 0.6 is 0 Å². The largest absolute Gasteiger partial charge is 0.496 e. The van der Waals surface area contributed by atoms with Crippen molar-refractivity contribution in [3.63, 3.8) is 0 Å². The number of ether oxygens (including phenoxy) is 1. The van der Waals surface area contributed by atoms with Gasteiger partial charge in [-0.15, -0.1) is 0 Å². The molecule has 0 spiro atoms. The first-order valence-electron chi connectivity index (χ1n) is 5.31. The van der Waals surface area contributed by atoms with Crippen LogP contribution in [0.4, 0.5) is 0 Å². The molecule has 0 saturated heterocycles. The summed E-state index contributed by atoms with van der Waals surface area (Å²) in [7, 11) is -1.80. The highest BCUT2D eigenvalue weighted by Gasteiger charge is 2.11. The summed E-state index contributed by atoms with van der Waals surface area (Å²) >= 11 is 0. The summed E-state index contributed by atoms with van der Waals surface area (Å²) in [5, 5.41) is 8.01. The SMILES string of the molecule is COc1ccccc1[C@@H](C)NCCS(N)(=O)=O. The zero-order chi connectivity index (χ0) is 12.9. The van der Waals surface area contributed by atoms with Gasteiger partial charge in [0.25, 0.3) is 0 Å². The number of sulfonamides is 1. The Kier molecular flexibility index (Phi) is 4.92. The van der Waals surface area contributed by atoms with Crippen molar-refractivity contribution in [2.75, 3.05) is 19.4 Å². The molecule has 5 nitrogen and oxygen atoms in total. The Morgan fingerprint density at radius 2 is 2.06 bits per heavy atom. The van der Waals surface area contributed by atoms with E-state index in [4.69, 9.17) is 9.88 Å². The average Bonchev–Trinajstić information content (AvgIpc) is 2.27. The van der Waals surface area contributed by atoms with E-state index in [1.165, 1.54) is 0 Å². The quantitative estimate of drug-likeness (QED) is 0.784. The molecule has 1 rings (SSSR count). The minimum Gasteiger partial charge on any atom is -0.496 e. The summed E-state index contributed by atoms with van der Waals surface area (Å²) in [6.07, 6.45) is 0. The van der Waals surface area contributed by atoms with Gasteiger partial charge in [-0.25, -0.2) is 13.6 Å². The van der Waals surface area contributed by atoms with Crippen LogP contribution in [-0.2, 0) is 10.0 Å². The second kappa shape index (κ2) is 6.00. The second-order valence-corrected chi connectivity index (χ2v) is 5.52. The molecule has 1 aromatic carbocycles. The molecule has 0 unspecified atom stereocenters. The number of hydrogen-bond donors (Lipinski definition) is 2. The van der Waals surface area contributed by atoms with Crippen LogP contribution in [0.2, 0.25) is 0 Å². The van der Waals surface area contributed by atoms with Crippen LogP contribution in [-0.4, -0.2) is 27.8 Å². The van der Waals surface area contributed by atoms with Crippen molar-refractivity contribution in [1.29, 1.82) is 0 Å². The van der Waals surface area contributed by atoms with E-state index in [0.717, 1.165) is 11.3 Å². The molecule has 0 amide bonds. The summed E-state index contributed by atoms with van der Waals surface area (Å²) in [4.78, 5) is 0. The van der Waals surface area contributed by atoms with Crippen LogP contribution < -0.4 is 15.2 Å². The molecule has 1 atom stereocenters. The van der Waals surface area contributed by atoms with Crippen LogP contribution in [0.25, 0.3) is 0 Å². The Labute approximate surface area is 102 Å². The van der Waals surface area contributed by atoms with Crippen LogP contribution in [0.5, 0.6) is 5.75 Å². The molecule has 0 radical (unpaired) electrons. The summed E-state index contributed by atoms with van der Waals surface area (Å²) in [5.41, 5.74) is 0.990. The molecule has 0 heterocycles. The molecule has 0 aliphatic heterocycles. The van der Waals surface area contributed by atoms with Crippen molar-refractivity contribution in [1.82, 2.24) is 5.32 Å². The lowest BCUT2D eigenvalue weighted by Crippen LogP contribution is -2.29. The zero-order valence-corrected chi connectivity index (χ0v) is 10.8. The number of methoxy groups -OCH3 is 1.